The van der Waals surface area contributed by atoms with E-state index < -0.39 is 0 Å². The highest BCUT2D eigenvalue weighted by Crippen LogP contribution is 2.30. The predicted molar refractivity (Wildman–Crippen MR) is 72.9 cm³/mol. The fraction of sp³-hybridized carbons (Fsp3) is 0.667. The quantitative estimate of drug-likeness (QED) is 0.835. The highest BCUT2D eigenvalue weighted by molar-refractivity contribution is 5.44. The fourth-order valence-corrected chi connectivity index (χ4v) is 2.68. The van der Waals surface area contributed by atoms with E-state index in [4.69, 9.17) is 4.74 Å². The summed E-state index contributed by atoms with van der Waals surface area (Å²) in [5, 5.41) is 17.4. The number of rotatable bonds is 3. The maximum atomic E-state index is 9.25. The van der Waals surface area contributed by atoms with Crippen molar-refractivity contribution in [2.75, 3.05) is 0 Å². The molecule has 102 valence electrons. The highest BCUT2D eigenvalue weighted by atomic mass is 16.5. The van der Waals surface area contributed by atoms with Gasteiger partial charge in [-0.1, -0.05) is 19.8 Å². The van der Waals surface area contributed by atoms with Crippen molar-refractivity contribution in [3.05, 3.63) is 16.8 Å². The van der Waals surface area contributed by atoms with Crippen LogP contribution in [0.1, 0.15) is 55.8 Å². The lowest BCUT2D eigenvalue weighted by molar-refractivity contribution is 0.115. The fourth-order valence-electron chi connectivity index (χ4n) is 2.68. The first-order valence-corrected chi connectivity index (χ1v) is 7.06. The number of aromatic nitrogens is 2. The molecule has 0 saturated heterocycles. The van der Waals surface area contributed by atoms with Gasteiger partial charge in [0.25, 0.3) is 5.88 Å². The molecule has 0 radical (unpaired) electrons. The van der Waals surface area contributed by atoms with Crippen LogP contribution in [0, 0.1) is 31.1 Å². The van der Waals surface area contributed by atoms with Gasteiger partial charge in [0, 0.05) is 0 Å². The normalized spacial score (nSPS) is 22.8. The lowest BCUT2D eigenvalue weighted by Gasteiger charge is -2.28. The molecular formula is C15H21N3O. The van der Waals surface area contributed by atoms with Crippen LogP contribution in [0.25, 0.3) is 0 Å². The molecule has 4 nitrogen and oxygen atoms in total. The van der Waals surface area contributed by atoms with E-state index in [1.165, 1.54) is 19.3 Å². The summed E-state index contributed by atoms with van der Waals surface area (Å²) in [5.74, 6) is 1.15. The third-order valence-corrected chi connectivity index (χ3v) is 4.12. The molecule has 0 aliphatic heterocycles. The molecule has 2 atom stereocenters. The van der Waals surface area contributed by atoms with E-state index in [1.807, 2.05) is 13.8 Å². The van der Waals surface area contributed by atoms with E-state index in [-0.39, 0.29) is 6.10 Å². The molecule has 19 heavy (non-hydrogen) atoms. The van der Waals surface area contributed by atoms with E-state index in [0.29, 0.717) is 11.4 Å². The highest BCUT2D eigenvalue weighted by Gasteiger charge is 2.24. The van der Waals surface area contributed by atoms with Crippen molar-refractivity contribution in [2.45, 2.75) is 59.0 Å². The topological polar surface area (TPSA) is 58.8 Å². The van der Waals surface area contributed by atoms with E-state index in [9.17, 15) is 5.26 Å². The van der Waals surface area contributed by atoms with E-state index in [0.717, 1.165) is 30.0 Å². The van der Waals surface area contributed by atoms with Crippen LogP contribution in [-0.2, 0) is 0 Å². The lowest BCUT2D eigenvalue weighted by Crippen LogP contribution is -2.26. The van der Waals surface area contributed by atoms with Gasteiger partial charge < -0.3 is 4.74 Å². The predicted octanol–water partition coefficient (Wildman–Crippen LogP) is 3.31. The molecule has 1 aliphatic rings. The molecule has 1 fully saturated rings. The Morgan fingerprint density at radius 1 is 1.32 bits per heavy atom. The Bertz CT molecular complexity index is 493. The minimum Gasteiger partial charge on any atom is -0.472 e. The van der Waals surface area contributed by atoms with Crippen molar-refractivity contribution in [1.82, 2.24) is 10.2 Å². The molecule has 1 aromatic heterocycles. The molecule has 1 saturated carbocycles. The van der Waals surface area contributed by atoms with Gasteiger partial charge in [0.2, 0.25) is 0 Å². The zero-order valence-electron chi connectivity index (χ0n) is 11.9. The number of hydrogen-bond donors (Lipinski definition) is 0. The minimum atomic E-state index is 0.183. The van der Waals surface area contributed by atoms with Crippen molar-refractivity contribution in [3.8, 4) is 11.9 Å². The first-order chi connectivity index (χ1) is 9.15. The summed E-state index contributed by atoms with van der Waals surface area (Å²) in [5.41, 5.74) is 2.19. The summed E-state index contributed by atoms with van der Waals surface area (Å²) in [6.07, 6.45) is 5.99. The van der Waals surface area contributed by atoms with Crippen molar-refractivity contribution in [1.29, 1.82) is 5.26 Å². The number of aryl methyl sites for hydroxylation is 1. The monoisotopic (exact) mass is 259 g/mol. The molecule has 4 heteroatoms. The summed E-state index contributed by atoms with van der Waals surface area (Å²) in [4.78, 5) is 0. The van der Waals surface area contributed by atoms with Gasteiger partial charge in [-0.15, -0.1) is 5.10 Å². The standard InChI is InChI=1S/C15H21N3O/c1-4-12-6-5-7-13(8-12)19-15-14(9-16)10(2)11(3)17-18-15/h12-13H,4-8H2,1-3H3. The Balaban J connectivity index is 2.15. The van der Waals surface area contributed by atoms with Crippen molar-refractivity contribution >= 4 is 0 Å². The van der Waals surface area contributed by atoms with Gasteiger partial charge in [-0.25, -0.2) is 0 Å². The Kier molecular flexibility index (Phi) is 4.36. The van der Waals surface area contributed by atoms with Gasteiger partial charge in [0.15, 0.2) is 0 Å². The maximum absolute atomic E-state index is 9.25. The summed E-state index contributed by atoms with van der Waals surface area (Å²) in [6.45, 7) is 5.98. The molecule has 0 amide bonds. The average molecular weight is 259 g/mol. The maximum Gasteiger partial charge on any atom is 0.252 e. The molecule has 0 spiro atoms. The number of nitrogens with zero attached hydrogens (tertiary/aromatic N) is 3. The molecule has 2 unspecified atom stereocenters. The first kappa shape index (κ1) is 13.8. The number of nitriles is 1. The summed E-state index contributed by atoms with van der Waals surface area (Å²) < 4.78 is 5.95. The second kappa shape index (κ2) is 6.01. The minimum absolute atomic E-state index is 0.183. The zero-order chi connectivity index (χ0) is 13.8. The van der Waals surface area contributed by atoms with Gasteiger partial charge in [-0.05, 0) is 44.6 Å². The van der Waals surface area contributed by atoms with Gasteiger partial charge in [-0.3, -0.25) is 0 Å². The average Bonchev–Trinajstić information content (AvgIpc) is 2.43. The van der Waals surface area contributed by atoms with Crippen LogP contribution in [0.15, 0.2) is 0 Å². The molecule has 1 heterocycles. The molecule has 0 N–H and O–H groups in total. The summed E-state index contributed by atoms with van der Waals surface area (Å²) in [7, 11) is 0. The van der Waals surface area contributed by atoms with Gasteiger partial charge in [0.1, 0.15) is 17.7 Å². The van der Waals surface area contributed by atoms with Crippen LogP contribution in [0.2, 0.25) is 0 Å². The van der Waals surface area contributed by atoms with Crippen LogP contribution in [0.5, 0.6) is 5.88 Å². The molecular weight excluding hydrogens is 238 g/mol. The lowest BCUT2D eigenvalue weighted by atomic mass is 9.85. The van der Waals surface area contributed by atoms with E-state index >= 15 is 0 Å². The molecule has 0 bridgehead atoms. The smallest absolute Gasteiger partial charge is 0.252 e. The van der Waals surface area contributed by atoms with Gasteiger partial charge >= 0.3 is 0 Å². The zero-order valence-corrected chi connectivity index (χ0v) is 11.9. The van der Waals surface area contributed by atoms with Gasteiger partial charge in [-0.2, -0.15) is 10.4 Å². The molecule has 1 aliphatic carbocycles. The Hall–Kier alpha value is -1.63. The number of ether oxygens (including phenoxy) is 1. The summed E-state index contributed by atoms with van der Waals surface area (Å²) in [6, 6.07) is 2.19. The van der Waals surface area contributed by atoms with E-state index in [1.54, 1.807) is 0 Å². The van der Waals surface area contributed by atoms with Crippen molar-refractivity contribution in [3.63, 3.8) is 0 Å². The number of hydrogen-bond acceptors (Lipinski definition) is 4. The van der Waals surface area contributed by atoms with Crippen molar-refractivity contribution < 1.29 is 4.74 Å². The molecule has 0 aromatic carbocycles. The third kappa shape index (κ3) is 3.04. The van der Waals surface area contributed by atoms with E-state index in [2.05, 4.69) is 23.2 Å². The Morgan fingerprint density at radius 3 is 2.79 bits per heavy atom. The van der Waals surface area contributed by atoms with Crippen LogP contribution in [0.4, 0.5) is 0 Å². The van der Waals surface area contributed by atoms with Crippen LogP contribution in [-0.4, -0.2) is 16.3 Å². The van der Waals surface area contributed by atoms with Crippen LogP contribution >= 0.6 is 0 Å². The molecule has 1 aromatic rings. The Morgan fingerprint density at radius 2 is 2.11 bits per heavy atom. The third-order valence-electron chi connectivity index (χ3n) is 4.12. The van der Waals surface area contributed by atoms with Gasteiger partial charge in [0.05, 0.1) is 5.69 Å². The first-order valence-electron chi connectivity index (χ1n) is 7.06. The second-order valence-corrected chi connectivity index (χ2v) is 5.38. The van der Waals surface area contributed by atoms with Crippen LogP contribution < -0.4 is 4.74 Å². The summed E-state index contributed by atoms with van der Waals surface area (Å²) >= 11 is 0. The van der Waals surface area contributed by atoms with Crippen molar-refractivity contribution in [2.24, 2.45) is 5.92 Å². The van der Waals surface area contributed by atoms with Crippen LogP contribution in [0.3, 0.4) is 0 Å². The largest absolute Gasteiger partial charge is 0.472 e. The Labute approximate surface area is 114 Å². The molecule has 2 rings (SSSR count). The second-order valence-electron chi connectivity index (χ2n) is 5.38. The SMILES string of the molecule is CCC1CCCC(Oc2nnc(C)c(C)c2C#N)C1.